The maximum Gasteiger partial charge on any atom is 0.300 e. The standard InChI is InChI=1S/C30H28N2O5/c1-3-17-36-24-13-7-21(8-14-24)27-26(28(33)22-9-15-25(16-10-22)37-18-4-2)29(34)30(35)32(27)23-11-5-20(19-31)6-12-23/h5-16,27,33H,3-4,17-18H2,1-2H3/b28-26+. The minimum Gasteiger partial charge on any atom is -0.507 e. The van der Waals surface area contributed by atoms with Gasteiger partial charge >= 0.3 is 0 Å². The Balaban J connectivity index is 1.81. The fourth-order valence-corrected chi connectivity index (χ4v) is 4.16. The van der Waals surface area contributed by atoms with Crippen molar-refractivity contribution in [2.24, 2.45) is 0 Å². The molecule has 1 N–H and O–H groups in total. The molecule has 1 aliphatic rings. The van der Waals surface area contributed by atoms with E-state index in [1.54, 1.807) is 72.8 Å². The van der Waals surface area contributed by atoms with E-state index in [2.05, 4.69) is 6.07 Å². The molecule has 1 fully saturated rings. The lowest BCUT2D eigenvalue weighted by atomic mass is 9.95. The van der Waals surface area contributed by atoms with E-state index in [1.165, 1.54) is 4.90 Å². The van der Waals surface area contributed by atoms with Crippen LogP contribution in [0.4, 0.5) is 5.69 Å². The Labute approximate surface area is 216 Å². The number of hydrogen-bond donors (Lipinski definition) is 1. The number of rotatable bonds is 9. The average molecular weight is 497 g/mol. The van der Waals surface area contributed by atoms with Gasteiger partial charge < -0.3 is 14.6 Å². The predicted octanol–water partition coefficient (Wildman–Crippen LogP) is 5.76. The van der Waals surface area contributed by atoms with Crippen molar-refractivity contribution in [1.82, 2.24) is 0 Å². The molecule has 0 spiro atoms. The zero-order valence-corrected chi connectivity index (χ0v) is 20.8. The van der Waals surface area contributed by atoms with Crippen molar-refractivity contribution in [1.29, 1.82) is 5.26 Å². The number of benzene rings is 3. The van der Waals surface area contributed by atoms with Crippen molar-refractivity contribution in [2.45, 2.75) is 32.7 Å². The van der Waals surface area contributed by atoms with Gasteiger partial charge in [-0.1, -0.05) is 26.0 Å². The van der Waals surface area contributed by atoms with Crippen LogP contribution in [0.15, 0.2) is 78.4 Å². The Bertz CT molecular complexity index is 1340. The summed E-state index contributed by atoms with van der Waals surface area (Å²) in [7, 11) is 0. The minimum absolute atomic E-state index is 0.0150. The molecule has 0 saturated carbocycles. The second-order valence-corrected chi connectivity index (χ2v) is 8.62. The molecule has 188 valence electrons. The maximum absolute atomic E-state index is 13.3. The molecule has 1 aliphatic heterocycles. The number of Topliss-reactive ketones (excluding diaryl/α,β-unsaturated/α-hetero) is 1. The lowest BCUT2D eigenvalue weighted by molar-refractivity contribution is -0.132. The van der Waals surface area contributed by atoms with Crippen LogP contribution >= 0.6 is 0 Å². The fourth-order valence-electron chi connectivity index (χ4n) is 4.16. The van der Waals surface area contributed by atoms with Crippen molar-refractivity contribution >= 4 is 23.1 Å². The summed E-state index contributed by atoms with van der Waals surface area (Å²) in [4.78, 5) is 28.0. The molecule has 1 amide bonds. The number of aliphatic hydroxyl groups excluding tert-OH is 1. The van der Waals surface area contributed by atoms with E-state index in [1.807, 2.05) is 13.8 Å². The third-order valence-corrected chi connectivity index (χ3v) is 5.99. The molecule has 1 saturated heterocycles. The number of ether oxygens (including phenoxy) is 2. The number of amides is 1. The third kappa shape index (κ3) is 5.34. The summed E-state index contributed by atoms with van der Waals surface area (Å²) in [6.07, 6.45) is 1.73. The zero-order valence-electron chi connectivity index (χ0n) is 20.8. The van der Waals surface area contributed by atoms with Crippen LogP contribution in [0.3, 0.4) is 0 Å². The van der Waals surface area contributed by atoms with Crippen LogP contribution in [-0.4, -0.2) is 30.0 Å². The highest BCUT2D eigenvalue weighted by Gasteiger charge is 2.47. The van der Waals surface area contributed by atoms with E-state index >= 15 is 0 Å². The smallest absolute Gasteiger partial charge is 0.300 e. The number of ketones is 1. The Morgan fingerprint density at radius 3 is 1.92 bits per heavy atom. The number of carbonyl (C=O) groups excluding carboxylic acids is 2. The van der Waals surface area contributed by atoms with Gasteiger partial charge in [0.2, 0.25) is 0 Å². The highest BCUT2D eigenvalue weighted by atomic mass is 16.5. The number of nitrogens with zero attached hydrogens (tertiary/aromatic N) is 2. The van der Waals surface area contributed by atoms with E-state index in [0.29, 0.717) is 47.1 Å². The molecule has 3 aromatic carbocycles. The van der Waals surface area contributed by atoms with Crippen LogP contribution in [0, 0.1) is 11.3 Å². The highest BCUT2D eigenvalue weighted by Crippen LogP contribution is 2.42. The summed E-state index contributed by atoms with van der Waals surface area (Å²) in [5, 5.41) is 20.5. The van der Waals surface area contributed by atoms with Crippen molar-refractivity contribution < 1.29 is 24.2 Å². The van der Waals surface area contributed by atoms with Crippen LogP contribution in [0.2, 0.25) is 0 Å². The van der Waals surface area contributed by atoms with Crippen molar-refractivity contribution in [3.05, 3.63) is 95.1 Å². The number of hydrogen-bond acceptors (Lipinski definition) is 6. The van der Waals surface area contributed by atoms with Crippen LogP contribution < -0.4 is 14.4 Å². The van der Waals surface area contributed by atoms with E-state index in [4.69, 9.17) is 14.7 Å². The Morgan fingerprint density at radius 2 is 1.41 bits per heavy atom. The quantitative estimate of drug-likeness (QED) is 0.230. The number of carbonyl (C=O) groups is 2. The van der Waals surface area contributed by atoms with Gasteiger partial charge in [0.25, 0.3) is 11.7 Å². The average Bonchev–Trinajstić information content (AvgIpc) is 3.20. The van der Waals surface area contributed by atoms with Gasteiger partial charge in [-0.05, 0) is 79.1 Å². The SMILES string of the molecule is CCCOc1ccc(/C(O)=C2\C(=O)C(=O)N(c3ccc(C#N)cc3)C2c2ccc(OCCC)cc2)cc1. The first-order valence-corrected chi connectivity index (χ1v) is 12.3. The molecule has 1 heterocycles. The Kier molecular flexibility index (Phi) is 7.89. The Morgan fingerprint density at radius 1 is 0.865 bits per heavy atom. The number of aliphatic hydroxyl groups is 1. The van der Waals surface area contributed by atoms with Gasteiger partial charge in [-0.15, -0.1) is 0 Å². The summed E-state index contributed by atoms with van der Waals surface area (Å²) in [5.41, 5.74) is 1.89. The first-order chi connectivity index (χ1) is 18.0. The molecule has 4 rings (SSSR count). The molecular weight excluding hydrogens is 468 g/mol. The largest absolute Gasteiger partial charge is 0.507 e. The highest BCUT2D eigenvalue weighted by molar-refractivity contribution is 6.51. The van der Waals surface area contributed by atoms with Gasteiger partial charge in [0, 0.05) is 11.3 Å². The van der Waals surface area contributed by atoms with Crippen LogP contribution in [-0.2, 0) is 9.59 Å². The van der Waals surface area contributed by atoms with Gasteiger partial charge in [0.05, 0.1) is 36.5 Å². The second kappa shape index (κ2) is 11.4. The molecule has 0 aliphatic carbocycles. The molecule has 0 bridgehead atoms. The zero-order chi connectivity index (χ0) is 26.4. The summed E-state index contributed by atoms with van der Waals surface area (Å²) >= 11 is 0. The number of anilines is 1. The summed E-state index contributed by atoms with van der Waals surface area (Å²) < 4.78 is 11.3. The van der Waals surface area contributed by atoms with Gasteiger partial charge in [-0.25, -0.2) is 0 Å². The topological polar surface area (TPSA) is 99.9 Å². The van der Waals surface area contributed by atoms with E-state index in [9.17, 15) is 14.7 Å². The van der Waals surface area contributed by atoms with Crippen LogP contribution in [0.1, 0.15) is 49.4 Å². The molecule has 1 atom stereocenters. The number of nitriles is 1. The minimum atomic E-state index is -0.871. The second-order valence-electron chi connectivity index (χ2n) is 8.62. The molecule has 3 aromatic rings. The monoisotopic (exact) mass is 496 g/mol. The molecule has 7 heteroatoms. The van der Waals surface area contributed by atoms with Gasteiger partial charge in [-0.2, -0.15) is 5.26 Å². The molecular formula is C30H28N2O5. The van der Waals surface area contributed by atoms with Gasteiger partial charge in [0.1, 0.15) is 17.3 Å². The molecule has 7 nitrogen and oxygen atoms in total. The molecule has 1 unspecified atom stereocenters. The van der Waals surface area contributed by atoms with Crippen molar-refractivity contribution in [3.8, 4) is 17.6 Å². The summed E-state index contributed by atoms with van der Waals surface area (Å²) in [5.74, 6) is -0.498. The van der Waals surface area contributed by atoms with Gasteiger partial charge in [-0.3, -0.25) is 14.5 Å². The maximum atomic E-state index is 13.3. The summed E-state index contributed by atoms with van der Waals surface area (Å²) in [6, 6.07) is 21.5. The molecule has 0 radical (unpaired) electrons. The van der Waals surface area contributed by atoms with Crippen LogP contribution in [0.5, 0.6) is 11.5 Å². The summed E-state index contributed by atoms with van der Waals surface area (Å²) in [6.45, 7) is 5.16. The van der Waals surface area contributed by atoms with Gasteiger partial charge in [0.15, 0.2) is 0 Å². The van der Waals surface area contributed by atoms with Crippen molar-refractivity contribution in [3.63, 3.8) is 0 Å². The lowest BCUT2D eigenvalue weighted by Gasteiger charge is -2.25. The first kappa shape index (κ1) is 25.5. The third-order valence-electron chi connectivity index (χ3n) is 5.99. The molecule has 0 aromatic heterocycles. The Hall–Kier alpha value is -4.57. The fraction of sp³-hybridized carbons (Fsp3) is 0.233. The predicted molar refractivity (Wildman–Crippen MR) is 140 cm³/mol. The van der Waals surface area contributed by atoms with Crippen LogP contribution in [0.25, 0.3) is 5.76 Å². The van der Waals surface area contributed by atoms with E-state index in [0.717, 1.165) is 12.8 Å². The van der Waals surface area contributed by atoms with Crippen molar-refractivity contribution in [2.75, 3.05) is 18.1 Å². The van der Waals surface area contributed by atoms with E-state index < -0.39 is 17.7 Å². The normalized spacial score (nSPS) is 16.5. The van der Waals surface area contributed by atoms with E-state index in [-0.39, 0.29) is 11.3 Å². The molecule has 37 heavy (non-hydrogen) atoms. The lowest BCUT2D eigenvalue weighted by Crippen LogP contribution is -2.29. The first-order valence-electron chi connectivity index (χ1n) is 12.3.